The zero-order valence-electron chi connectivity index (χ0n) is 6.34. The van der Waals surface area contributed by atoms with Crippen molar-refractivity contribution in [3.05, 3.63) is 18.2 Å². The number of hydrogen-bond acceptors (Lipinski definition) is 3. The maximum atomic E-state index is 5.21. The summed E-state index contributed by atoms with van der Waals surface area (Å²) in [5, 5.41) is 3.12. The summed E-state index contributed by atoms with van der Waals surface area (Å²) in [7, 11) is 0. The molecule has 0 saturated heterocycles. The van der Waals surface area contributed by atoms with Crippen molar-refractivity contribution in [3.63, 3.8) is 0 Å². The molecule has 1 N–H and O–H groups in total. The average molecular weight is 230 g/mol. The lowest BCUT2D eigenvalue weighted by atomic mass is 10.3. The van der Waals surface area contributed by atoms with Crippen molar-refractivity contribution in [2.45, 2.75) is 0 Å². The van der Waals surface area contributed by atoms with Crippen LogP contribution in [0.3, 0.4) is 0 Å². The molecule has 1 aliphatic rings. The third-order valence-electron chi connectivity index (χ3n) is 1.64. The number of fused-ring (bicyclic) bond motifs is 1. The van der Waals surface area contributed by atoms with Gasteiger partial charge in [-0.3, -0.25) is 0 Å². The van der Waals surface area contributed by atoms with Crippen molar-refractivity contribution < 1.29 is 9.47 Å². The van der Waals surface area contributed by atoms with Crippen molar-refractivity contribution in [1.82, 2.24) is 0 Å². The molecule has 0 bridgehead atoms. The molecule has 0 amide bonds. The average Bonchev–Trinajstić information content (AvgIpc) is 2.51. The van der Waals surface area contributed by atoms with Crippen molar-refractivity contribution >= 4 is 21.6 Å². The fourth-order valence-electron chi connectivity index (χ4n) is 1.08. The molecule has 0 spiro atoms. The Morgan fingerprint density at radius 2 is 2.17 bits per heavy atom. The molecule has 0 unspecified atom stereocenters. The fraction of sp³-hybridized carbons (Fsp3) is 0.250. The van der Waals surface area contributed by atoms with Crippen LogP contribution in [-0.4, -0.2) is 12.2 Å². The number of hydrogen-bond donors (Lipinski definition) is 1. The lowest BCUT2D eigenvalue weighted by Gasteiger charge is -2.02. The smallest absolute Gasteiger partial charge is 0.231 e. The van der Waals surface area contributed by atoms with E-state index < -0.39 is 0 Å². The Morgan fingerprint density at radius 3 is 3.00 bits per heavy atom. The van der Waals surface area contributed by atoms with E-state index in [0.29, 0.717) is 6.79 Å². The van der Waals surface area contributed by atoms with Gasteiger partial charge in [-0.2, -0.15) is 0 Å². The van der Waals surface area contributed by atoms with E-state index in [-0.39, 0.29) is 0 Å². The van der Waals surface area contributed by atoms with Crippen LogP contribution in [0, 0.1) is 0 Å². The zero-order chi connectivity index (χ0) is 8.39. The maximum Gasteiger partial charge on any atom is 0.231 e. The SMILES string of the molecule is BrCNc1ccc2c(c1)OCO2. The molecule has 0 atom stereocenters. The number of benzene rings is 1. The second kappa shape index (κ2) is 3.23. The number of rotatable bonds is 2. The van der Waals surface area contributed by atoms with E-state index >= 15 is 0 Å². The Morgan fingerprint density at radius 1 is 1.33 bits per heavy atom. The van der Waals surface area contributed by atoms with E-state index in [1.807, 2.05) is 18.2 Å². The molecule has 0 aliphatic carbocycles. The molecule has 1 aromatic rings. The molecule has 0 aromatic heterocycles. The van der Waals surface area contributed by atoms with E-state index in [2.05, 4.69) is 21.2 Å². The van der Waals surface area contributed by atoms with Gasteiger partial charge in [0.2, 0.25) is 6.79 Å². The largest absolute Gasteiger partial charge is 0.454 e. The molecule has 1 aliphatic heterocycles. The molecule has 1 heterocycles. The van der Waals surface area contributed by atoms with E-state index in [0.717, 1.165) is 22.6 Å². The predicted molar refractivity (Wildman–Crippen MR) is 50.0 cm³/mol. The van der Waals surface area contributed by atoms with E-state index in [9.17, 15) is 0 Å². The number of nitrogens with one attached hydrogen (secondary N) is 1. The highest BCUT2D eigenvalue weighted by atomic mass is 79.9. The van der Waals surface area contributed by atoms with Gasteiger partial charge in [0, 0.05) is 11.8 Å². The fourth-order valence-corrected chi connectivity index (χ4v) is 1.41. The summed E-state index contributed by atoms with van der Waals surface area (Å²) in [6.45, 7) is 0.326. The van der Waals surface area contributed by atoms with Crippen molar-refractivity contribution in [2.24, 2.45) is 0 Å². The molecule has 0 radical (unpaired) electrons. The zero-order valence-corrected chi connectivity index (χ0v) is 7.93. The first kappa shape index (κ1) is 7.73. The molecule has 0 fully saturated rings. The van der Waals surface area contributed by atoms with Gasteiger partial charge in [-0.25, -0.2) is 0 Å². The topological polar surface area (TPSA) is 30.5 Å². The van der Waals surface area contributed by atoms with Crippen LogP contribution in [0.1, 0.15) is 0 Å². The first-order valence-corrected chi connectivity index (χ1v) is 4.72. The third-order valence-corrected chi connectivity index (χ3v) is 1.92. The lowest BCUT2D eigenvalue weighted by Crippen LogP contribution is -1.93. The molecule has 0 saturated carbocycles. The van der Waals surface area contributed by atoms with Crippen molar-refractivity contribution in [1.29, 1.82) is 0 Å². The summed E-state index contributed by atoms with van der Waals surface area (Å²) < 4.78 is 10.4. The summed E-state index contributed by atoms with van der Waals surface area (Å²) in [6.07, 6.45) is 0. The van der Waals surface area contributed by atoms with Gasteiger partial charge in [-0.05, 0) is 12.1 Å². The lowest BCUT2D eigenvalue weighted by molar-refractivity contribution is 0.174. The maximum absolute atomic E-state index is 5.21. The number of halogens is 1. The minimum atomic E-state index is 0.326. The van der Waals surface area contributed by atoms with Crippen molar-refractivity contribution in [2.75, 3.05) is 17.6 Å². The second-order valence-corrected chi connectivity index (χ2v) is 2.94. The normalized spacial score (nSPS) is 13.1. The van der Waals surface area contributed by atoms with E-state index in [4.69, 9.17) is 9.47 Å². The van der Waals surface area contributed by atoms with Crippen LogP contribution in [-0.2, 0) is 0 Å². The summed E-state index contributed by atoms with van der Waals surface area (Å²) in [6, 6.07) is 5.77. The Hall–Kier alpha value is -0.900. The first-order chi connectivity index (χ1) is 5.90. The van der Waals surface area contributed by atoms with Crippen LogP contribution >= 0.6 is 15.9 Å². The Kier molecular flexibility index (Phi) is 2.08. The van der Waals surface area contributed by atoms with Crippen LogP contribution in [0.15, 0.2) is 18.2 Å². The van der Waals surface area contributed by atoms with Gasteiger partial charge in [0.15, 0.2) is 11.5 Å². The van der Waals surface area contributed by atoms with Crippen LogP contribution in [0.2, 0.25) is 0 Å². The molecular formula is C8H8BrNO2. The number of anilines is 1. The van der Waals surface area contributed by atoms with Gasteiger partial charge in [0.05, 0.1) is 5.45 Å². The van der Waals surface area contributed by atoms with Crippen molar-refractivity contribution in [3.8, 4) is 11.5 Å². The highest BCUT2D eigenvalue weighted by Crippen LogP contribution is 2.34. The number of ether oxygens (including phenoxy) is 2. The first-order valence-electron chi connectivity index (χ1n) is 3.59. The quantitative estimate of drug-likeness (QED) is 0.623. The van der Waals surface area contributed by atoms with Gasteiger partial charge < -0.3 is 14.8 Å². The second-order valence-electron chi connectivity index (χ2n) is 2.38. The highest BCUT2D eigenvalue weighted by molar-refractivity contribution is 9.09. The van der Waals surface area contributed by atoms with E-state index in [1.54, 1.807) is 0 Å². The monoisotopic (exact) mass is 229 g/mol. The van der Waals surface area contributed by atoms with Gasteiger partial charge in [-0.1, -0.05) is 15.9 Å². The van der Waals surface area contributed by atoms with E-state index in [1.165, 1.54) is 0 Å². The van der Waals surface area contributed by atoms with Gasteiger partial charge in [-0.15, -0.1) is 0 Å². The van der Waals surface area contributed by atoms with Gasteiger partial charge >= 0.3 is 0 Å². The molecule has 4 heteroatoms. The van der Waals surface area contributed by atoms with Crippen LogP contribution in [0.4, 0.5) is 5.69 Å². The molecule has 3 nitrogen and oxygen atoms in total. The molecule has 12 heavy (non-hydrogen) atoms. The summed E-state index contributed by atoms with van der Waals surface area (Å²) in [5.41, 5.74) is 1.75. The van der Waals surface area contributed by atoms with Gasteiger partial charge in [0.1, 0.15) is 0 Å². The van der Waals surface area contributed by atoms with Gasteiger partial charge in [0.25, 0.3) is 0 Å². The number of alkyl halides is 1. The molecule has 1 aromatic carbocycles. The van der Waals surface area contributed by atoms with Crippen LogP contribution < -0.4 is 14.8 Å². The Bertz CT molecular complexity index is 290. The standard InChI is InChI=1S/C8H8BrNO2/c9-4-10-6-1-2-7-8(3-6)12-5-11-7/h1-3,10H,4-5H2. The minimum absolute atomic E-state index is 0.326. The highest BCUT2D eigenvalue weighted by Gasteiger charge is 2.12. The third kappa shape index (κ3) is 1.34. The molecule has 2 rings (SSSR count). The predicted octanol–water partition coefficient (Wildman–Crippen LogP) is 2.18. The Balaban J connectivity index is 2.26. The Labute approximate surface area is 78.8 Å². The molecular weight excluding hydrogens is 222 g/mol. The summed E-state index contributed by atoms with van der Waals surface area (Å²) >= 11 is 3.28. The molecule has 64 valence electrons. The van der Waals surface area contributed by atoms with Crippen LogP contribution in [0.5, 0.6) is 11.5 Å². The summed E-state index contributed by atoms with van der Waals surface area (Å²) in [5.74, 6) is 1.62. The van der Waals surface area contributed by atoms with Crippen LogP contribution in [0.25, 0.3) is 0 Å². The minimum Gasteiger partial charge on any atom is -0.454 e. The summed E-state index contributed by atoms with van der Waals surface area (Å²) in [4.78, 5) is 0.